The molecule has 0 aliphatic rings. The second-order valence-corrected chi connectivity index (χ2v) is 8.27. The molecule has 0 fully saturated rings. The molecule has 0 amide bonds. The standard InChI is InChI=1S/C18H16F6O2S/c19-17(20,21)15-7-3-1-5-13(15)9-11-27(25,26)12-10-14-6-2-4-8-16(14)18(22,23)24/h1-8H,9-12H2. The molecule has 2 nitrogen and oxygen atoms in total. The van der Waals surface area contributed by atoms with E-state index in [1.54, 1.807) is 0 Å². The van der Waals surface area contributed by atoms with Gasteiger partial charge in [0.25, 0.3) is 0 Å². The molecule has 0 unspecified atom stereocenters. The van der Waals surface area contributed by atoms with Crippen molar-refractivity contribution in [2.24, 2.45) is 0 Å². The number of rotatable bonds is 6. The molecule has 0 bridgehead atoms. The van der Waals surface area contributed by atoms with E-state index < -0.39 is 44.8 Å². The Morgan fingerprint density at radius 1 is 0.630 bits per heavy atom. The van der Waals surface area contributed by atoms with Gasteiger partial charge in [0.05, 0.1) is 22.6 Å². The smallest absolute Gasteiger partial charge is 0.229 e. The Morgan fingerprint density at radius 3 is 1.30 bits per heavy atom. The van der Waals surface area contributed by atoms with E-state index in [0.29, 0.717) is 0 Å². The summed E-state index contributed by atoms with van der Waals surface area (Å²) < 4.78 is 102. The molecule has 0 saturated carbocycles. The minimum atomic E-state index is -4.61. The molecule has 2 aromatic carbocycles. The number of benzene rings is 2. The first-order chi connectivity index (χ1) is 12.4. The van der Waals surface area contributed by atoms with Crippen molar-refractivity contribution in [2.45, 2.75) is 25.2 Å². The van der Waals surface area contributed by atoms with Gasteiger partial charge in [0.15, 0.2) is 9.84 Å². The molecule has 0 atom stereocenters. The Balaban J connectivity index is 2.08. The van der Waals surface area contributed by atoms with E-state index in [1.807, 2.05) is 0 Å². The Kier molecular flexibility index (Phi) is 6.24. The van der Waals surface area contributed by atoms with Crippen molar-refractivity contribution in [1.82, 2.24) is 0 Å². The van der Waals surface area contributed by atoms with Crippen LogP contribution in [0.4, 0.5) is 26.3 Å². The van der Waals surface area contributed by atoms with Crippen LogP contribution in [0.1, 0.15) is 22.3 Å². The van der Waals surface area contributed by atoms with Gasteiger partial charge in [-0.2, -0.15) is 26.3 Å². The normalized spacial score (nSPS) is 13.0. The second-order valence-electron chi connectivity index (χ2n) is 5.96. The predicted molar refractivity (Wildman–Crippen MR) is 88.9 cm³/mol. The highest BCUT2D eigenvalue weighted by atomic mass is 32.2. The number of halogens is 6. The topological polar surface area (TPSA) is 34.1 Å². The summed E-state index contributed by atoms with van der Waals surface area (Å²) >= 11 is 0. The van der Waals surface area contributed by atoms with Crippen molar-refractivity contribution < 1.29 is 34.8 Å². The zero-order chi connectivity index (χ0) is 20.3. The zero-order valence-electron chi connectivity index (χ0n) is 13.9. The van der Waals surface area contributed by atoms with Crippen LogP contribution < -0.4 is 0 Å². The van der Waals surface area contributed by atoms with E-state index in [9.17, 15) is 34.8 Å². The highest BCUT2D eigenvalue weighted by molar-refractivity contribution is 7.91. The van der Waals surface area contributed by atoms with Gasteiger partial charge in [-0.25, -0.2) is 8.42 Å². The van der Waals surface area contributed by atoms with Crippen molar-refractivity contribution >= 4 is 9.84 Å². The molecule has 9 heteroatoms. The molecule has 0 spiro atoms. The molecular formula is C18H16F6O2S. The SMILES string of the molecule is O=S(=O)(CCc1ccccc1C(F)(F)F)CCc1ccccc1C(F)(F)F. The molecule has 0 saturated heterocycles. The molecule has 148 valence electrons. The molecule has 0 aliphatic carbocycles. The van der Waals surface area contributed by atoms with E-state index in [1.165, 1.54) is 36.4 Å². The summed E-state index contributed by atoms with van der Waals surface area (Å²) in [6.07, 6.45) is -9.93. The summed E-state index contributed by atoms with van der Waals surface area (Å²) in [6, 6.07) is 9.26. The van der Waals surface area contributed by atoms with Gasteiger partial charge in [-0.1, -0.05) is 36.4 Å². The number of hydrogen-bond donors (Lipinski definition) is 0. The summed E-state index contributed by atoms with van der Waals surface area (Å²) in [6.45, 7) is 0. The highest BCUT2D eigenvalue weighted by Crippen LogP contribution is 2.33. The third-order valence-electron chi connectivity index (χ3n) is 4.01. The van der Waals surface area contributed by atoms with Crippen LogP contribution in [0.5, 0.6) is 0 Å². The first-order valence-electron chi connectivity index (χ1n) is 7.91. The lowest BCUT2D eigenvalue weighted by Gasteiger charge is -2.14. The number of sulfone groups is 1. The maximum Gasteiger partial charge on any atom is 0.416 e. The molecular weight excluding hydrogens is 394 g/mol. The summed E-state index contributed by atoms with van der Waals surface area (Å²) in [5.41, 5.74) is -2.15. The lowest BCUT2D eigenvalue weighted by atomic mass is 10.1. The van der Waals surface area contributed by atoms with Crippen LogP contribution in [-0.4, -0.2) is 19.9 Å². The highest BCUT2D eigenvalue weighted by Gasteiger charge is 2.34. The number of hydrogen-bond acceptors (Lipinski definition) is 2. The summed E-state index contributed by atoms with van der Waals surface area (Å²) in [7, 11) is -3.84. The molecule has 2 aromatic rings. The van der Waals surface area contributed by atoms with Gasteiger partial charge in [-0.15, -0.1) is 0 Å². The molecule has 0 radical (unpaired) electrons. The van der Waals surface area contributed by atoms with Crippen molar-refractivity contribution in [3.8, 4) is 0 Å². The Bertz CT molecular complexity index is 818. The van der Waals surface area contributed by atoms with Gasteiger partial charge in [0.2, 0.25) is 0 Å². The summed E-state index contributed by atoms with van der Waals surface area (Å²) in [4.78, 5) is 0. The lowest BCUT2D eigenvalue weighted by molar-refractivity contribution is -0.139. The Hall–Kier alpha value is -2.03. The van der Waals surface area contributed by atoms with Crippen LogP contribution in [-0.2, 0) is 35.0 Å². The first kappa shape index (κ1) is 21.3. The molecule has 0 N–H and O–H groups in total. The quantitative estimate of drug-likeness (QED) is 0.634. The third-order valence-corrected chi connectivity index (χ3v) is 5.66. The van der Waals surface area contributed by atoms with Crippen molar-refractivity contribution in [3.05, 3.63) is 70.8 Å². The van der Waals surface area contributed by atoms with Crippen molar-refractivity contribution in [2.75, 3.05) is 11.5 Å². The fourth-order valence-electron chi connectivity index (χ4n) is 2.66. The van der Waals surface area contributed by atoms with Gasteiger partial charge < -0.3 is 0 Å². The maximum atomic E-state index is 12.9. The lowest BCUT2D eigenvalue weighted by Crippen LogP contribution is -2.18. The van der Waals surface area contributed by atoms with Gasteiger partial charge in [0.1, 0.15) is 0 Å². The van der Waals surface area contributed by atoms with Crippen LogP contribution in [0.3, 0.4) is 0 Å². The average Bonchev–Trinajstić information content (AvgIpc) is 2.57. The van der Waals surface area contributed by atoms with Crippen LogP contribution >= 0.6 is 0 Å². The largest absolute Gasteiger partial charge is 0.416 e. The van der Waals surface area contributed by atoms with E-state index in [-0.39, 0.29) is 24.0 Å². The van der Waals surface area contributed by atoms with E-state index >= 15 is 0 Å². The van der Waals surface area contributed by atoms with Gasteiger partial charge in [-0.05, 0) is 36.1 Å². The van der Waals surface area contributed by atoms with Crippen LogP contribution in [0.25, 0.3) is 0 Å². The minimum absolute atomic E-state index is 0.163. The van der Waals surface area contributed by atoms with E-state index in [4.69, 9.17) is 0 Å². The van der Waals surface area contributed by atoms with Gasteiger partial charge >= 0.3 is 12.4 Å². The van der Waals surface area contributed by atoms with Crippen molar-refractivity contribution in [1.29, 1.82) is 0 Å². The van der Waals surface area contributed by atoms with Crippen LogP contribution in [0.15, 0.2) is 48.5 Å². The monoisotopic (exact) mass is 410 g/mol. The average molecular weight is 410 g/mol. The molecule has 0 aromatic heterocycles. The van der Waals surface area contributed by atoms with Crippen LogP contribution in [0.2, 0.25) is 0 Å². The Morgan fingerprint density at radius 2 is 0.963 bits per heavy atom. The number of alkyl halides is 6. The Labute approximate surface area is 152 Å². The zero-order valence-corrected chi connectivity index (χ0v) is 14.8. The maximum absolute atomic E-state index is 12.9. The van der Waals surface area contributed by atoms with E-state index in [0.717, 1.165) is 12.1 Å². The summed E-state index contributed by atoms with van der Waals surface area (Å²) in [5.74, 6) is -1.15. The van der Waals surface area contributed by atoms with Gasteiger partial charge in [0, 0.05) is 0 Å². The predicted octanol–water partition coefficient (Wildman–Crippen LogP) is 4.92. The second kappa shape index (κ2) is 7.92. The minimum Gasteiger partial charge on any atom is -0.229 e. The number of aryl methyl sites for hydroxylation is 2. The third kappa shape index (κ3) is 5.98. The fourth-order valence-corrected chi connectivity index (χ4v) is 3.93. The van der Waals surface area contributed by atoms with Gasteiger partial charge in [-0.3, -0.25) is 0 Å². The van der Waals surface area contributed by atoms with Crippen molar-refractivity contribution in [3.63, 3.8) is 0 Å². The molecule has 0 aliphatic heterocycles. The molecule has 0 heterocycles. The first-order valence-corrected chi connectivity index (χ1v) is 9.73. The van der Waals surface area contributed by atoms with E-state index in [2.05, 4.69) is 0 Å². The summed E-state index contributed by atoms with van der Waals surface area (Å²) in [5, 5.41) is 0. The fraction of sp³-hybridized carbons (Fsp3) is 0.333. The molecule has 2 rings (SSSR count). The van der Waals surface area contributed by atoms with Crippen LogP contribution in [0, 0.1) is 0 Å². The molecule has 27 heavy (non-hydrogen) atoms.